The number of fused-ring (bicyclic) bond motifs is 4. The quantitative estimate of drug-likeness (QED) is 0.768. The highest BCUT2D eigenvalue weighted by Gasteiger charge is 2.34. The van der Waals surface area contributed by atoms with E-state index >= 15 is 0 Å². The normalized spacial score (nSPS) is 21.3. The van der Waals surface area contributed by atoms with Gasteiger partial charge in [-0.2, -0.15) is 0 Å². The Hall–Kier alpha value is -2.89. The topological polar surface area (TPSA) is 72.4 Å². The van der Waals surface area contributed by atoms with Crippen molar-refractivity contribution < 1.29 is 9.47 Å². The van der Waals surface area contributed by atoms with E-state index in [1.54, 1.807) is 14.2 Å². The van der Waals surface area contributed by atoms with Gasteiger partial charge in [0.1, 0.15) is 5.52 Å². The average Bonchev–Trinajstić information content (AvgIpc) is 3.20. The van der Waals surface area contributed by atoms with Crippen LogP contribution >= 0.6 is 0 Å². The van der Waals surface area contributed by atoms with Crippen molar-refractivity contribution in [2.45, 2.75) is 37.6 Å². The Morgan fingerprint density at radius 3 is 2.67 bits per heavy atom. The summed E-state index contributed by atoms with van der Waals surface area (Å²) < 4.78 is 11.2. The highest BCUT2D eigenvalue weighted by Crippen LogP contribution is 2.44. The average molecular weight is 362 g/mol. The van der Waals surface area contributed by atoms with Crippen LogP contribution in [0.3, 0.4) is 0 Å². The maximum absolute atomic E-state index is 5.58. The maximum atomic E-state index is 5.58. The number of methoxy groups -OCH3 is 2. The van der Waals surface area contributed by atoms with Crippen LogP contribution in [0.5, 0.6) is 11.5 Å². The first-order valence-corrected chi connectivity index (χ1v) is 9.44. The van der Waals surface area contributed by atoms with Gasteiger partial charge in [-0.25, -0.2) is 0 Å². The van der Waals surface area contributed by atoms with Crippen LogP contribution in [0.2, 0.25) is 0 Å². The first-order chi connectivity index (χ1) is 13.3. The van der Waals surface area contributed by atoms with Crippen LogP contribution in [0.1, 0.15) is 48.3 Å². The third-order valence-corrected chi connectivity index (χ3v) is 5.83. The van der Waals surface area contributed by atoms with Crippen LogP contribution in [0, 0.1) is 0 Å². The lowest BCUT2D eigenvalue weighted by atomic mass is 9.75. The molecule has 6 heteroatoms. The number of aliphatic imine (C=N–C) groups is 1. The molecule has 1 fully saturated rings. The molecule has 27 heavy (non-hydrogen) atoms. The van der Waals surface area contributed by atoms with E-state index in [0.29, 0.717) is 12.0 Å². The second kappa shape index (κ2) is 6.37. The van der Waals surface area contributed by atoms with Gasteiger partial charge in [-0.05, 0) is 42.7 Å². The monoisotopic (exact) mass is 362 g/mol. The first-order valence-electron chi connectivity index (χ1n) is 9.44. The van der Waals surface area contributed by atoms with E-state index in [0.717, 1.165) is 45.8 Å². The fourth-order valence-corrected chi connectivity index (χ4v) is 4.49. The molecule has 5 rings (SSSR count). The Bertz CT molecular complexity index is 1040. The van der Waals surface area contributed by atoms with Crippen LogP contribution in [-0.2, 0) is 0 Å². The SMILES string of the molecule is COc1cc2c(cc1OC)[C@@H]1CCCC[C@@H]1N=C2c1ccc2[nH]nnc2c1. The summed E-state index contributed by atoms with van der Waals surface area (Å²) in [5.74, 6) is 1.97. The fraction of sp³-hybridized carbons (Fsp3) is 0.381. The van der Waals surface area contributed by atoms with Gasteiger partial charge in [0.2, 0.25) is 0 Å². The molecule has 1 aliphatic carbocycles. The standard InChI is InChI=1S/C21H22N4O2/c1-26-19-10-14-13-5-3-4-6-16(13)22-21(15(14)11-20(19)27-2)12-7-8-17-18(9-12)24-25-23-17/h7-11,13,16H,3-6H2,1-2H3,(H,23,24,25)/t13-,16-/m0/s1. The van der Waals surface area contributed by atoms with Gasteiger partial charge in [0.25, 0.3) is 0 Å². The number of ether oxygens (including phenoxy) is 2. The number of benzene rings is 2. The van der Waals surface area contributed by atoms with E-state index in [4.69, 9.17) is 14.5 Å². The summed E-state index contributed by atoms with van der Waals surface area (Å²) >= 11 is 0. The van der Waals surface area contributed by atoms with Gasteiger partial charge < -0.3 is 9.47 Å². The molecule has 1 aromatic heterocycles. The lowest BCUT2D eigenvalue weighted by Gasteiger charge is -2.35. The van der Waals surface area contributed by atoms with E-state index in [9.17, 15) is 0 Å². The molecule has 0 saturated heterocycles. The molecule has 0 bridgehead atoms. The smallest absolute Gasteiger partial charge is 0.161 e. The molecule has 138 valence electrons. The van der Waals surface area contributed by atoms with E-state index in [-0.39, 0.29) is 0 Å². The molecule has 0 spiro atoms. The summed E-state index contributed by atoms with van der Waals surface area (Å²) in [5.41, 5.74) is 6.32. The first kappa shape index (κ1) is 16.3. The van der Waals surface area contributed by atoms with Crippen LogP contribution in [-0.4, -0.2) is 41.4 Å². The lowest BCUT2D eigenvalue weighted by Crippen LogP contribution is -2.29. The fourth-order valence-electron chi connectivity index (χ4n) is 4.49. The molecule has 0 unspecified atom stereocenters. The van der Waals surface area contributed by atoms with Crippen molar-refractivity contribution in [3.63, 3.8) is 0 Å². The van der Waals surface area contributed by atoms with Gasteiger partial charge in [-0.15, -0.1) is 5.10 Å². The number of hydrogen-bond donors (Lipinski definition) is 1. The summed E-state index contributed by atoms with van der Waals surface area (Å²) in [6.45, 7) is 0. The minimum absolute atomic E-state index is 0.326. The van der Waals surface area contributed by atoms with Crippen molar-refractivity contribution in [3.05, 3.63) is 47.0 Å². The van der Waals surface area contributed by atoms with E-state index < -0.39 is 0 Å². The minimum atomic E-state index is 0.326. The lowest BCUT2D eigenvalue weighted by molar-refractivity contribution is 0.349. The van der Waals surface area contributed by atoms with Crippen molar-refractivity contribution >= 4 is 16.7 Å². The van der Waals surface area contributed by atoms with E-state index in [2.05, 4.69) is 39.7 Å². The third-order valence-electron chi connectivity index (χ3n) is 5.83. The molecule has 2 heterocycles. The third kappa shape index (κ3) is 2.59. The predicted molar refractivity (Wildman–Crippen MR) is 104 cm³/mol. The Kier molecular flexibility index (Phi) is 3.85. The number of nitrogens with zero attached hydrogens (tertiary/aromatic N) is 3. The molecule has 2 aromatic carbocycles. The molecular formula is C21H22N4O2. The Morgan fingerprint density at radius 1 is 1.00 bits per heavy atom. The van der Waals surface area contributed by atoms with Gasteiger partial charge in [-0.3, -0.25) is 10.1 Å². The van der Waals surface area contributed by atoms with Gasteiger partial charge in [-0.1, -0.05) is 24.1 Å². The molecule has 1 saturated carbocycles. The van der Waals surface area contributed by atoms with Gasteiger partial charge >= 0.3 is 0 Å². The summed E-state index contributed by atoms with van der Waals surface area (Å²) in [4.78, 5) is 5.20. The number of rotatable bonds is 3. The molecule has 3 aromatic rings. The molecule has 1 aliphatic heterocycles. The molecule has 0 amide bonds. The maximum Gasteiger partial charge on any atom is 0.161 e. The molecule has 2 atom stereocenters. The zero-order valence-corrected chi connectivity index (χ0v) is 15.5. The van der Waals surface area contributed by atoms with Crippen LogP contribution in [0.25, 0.3) is 11.0 Å². The molecule has 6 nitrogen and oxygen atoms in total. The predicted octanol–water partition coefficient (Wildman–Crippen LogP) is 3.85. The van der Waals surface area contributed by atoms with Crippen molar-refractivity contribution in [2.24, 2.45) is 4.99 Å². The van der Waals surface area contributed by atoms with E-state index in [1.807, 2.05) is 6.07 Å². The summed E-state index contributed by atoms with van der Waals surface area (Å²) in [6.07, 6.45) is 4.80. The molecule has 1 N–H and O–H groups in total. The number of hydrogen-bond acceptors (Lipinski definition) is 5. The highest BCUT2D eigenvalue weighted by molar-refractivity contribution is 6.16. The van der Waals surface area contributed by atoms with Crippen molar-refractivity contribution in [1.82, 2.24) is 15.4 Å². The summed E-state index contributed by atoms with van der Waals surface area (Å²) in [7, 11) is 3.37. The Morgan fingerprint density at radius 2 is 1.81 bits per heavy atom. The molecule has 0 radical (unpaired) electrons. The number of aromatic amines is 1. The van der Waals surface area contributed by atoms with Crippen LogP contribution < -0.4 is 9.47 Å². The number of H-pyrrole nitrogens is 1. The van der Waals surface area contributed by atoms with Crippen molar-refractivity contribution in [3.8, 4) is 11.5 Å². The minimum Gasteiger partial charge on any atom is -0.493 e. The highest BCUT2D eigenvalue weighted by atomic mass is 16.5. The molecule has 2 aliphatic rings. The van der Waals surface area contributed by atoms with Crippen LogP contribution in [0.15, 0.2) is 35.3 Å². The van der Waals surface area contributed by atoms with Crippen molar-refractivity contribution in [2.75, 3.05) is 14.2 Å². The van der Waals surface area contributed by atoms with Gasteiger partial charge in [0.15, 0.2) is 11.5 Å². The second-order valence-corrected chi connectivity index (χ2v) is 7.27. The summed E-state index contributed by atoms with van der Waals surface area (Å²) in [6, 6.07) is 10.7. The zero-order chi connectivity index (χ0) is 18.4. The van der Waals surface area contributed by atoms with E-state index in [1.165, 1.54) is 24.8 Å². The summed E-state index contributed by atoms with van der Waals surface area (Å²) in [5, 5.41) is 11.0. The number of aromatic nitrogens is 3. The molecular weight excluding hydrogens is 340 g/mol. The Labute approximate surface area is 157 Å². The van der Waals surface area contributed by atoms with Gasteiger partial charge in [0, 0.05) is 17.0 Å². The number of nitrogens with one attached hydrogen (secondary N) is 1. The zero-order valence-electron chi connectivity index (χ0n) is 15.5. The largest absolute Gasteiger partial charge is 0.493 e. The van der Waals surface area contributed by atoms with Gasteiger partial charge in [0.05, 0.1) is 31.5 Å². The van der Waals surface area contributed by atoms with Crippen LogP contribution in [0.4, 0.5) is 0 Å². The second-order valence-electron chi connectivity index (χ2n) is 7.27. The van der Waals surface area contributed by atoms with Crippen molar-refractivity contribution in [1.29, 1.82) is 0 Å². The Balaban J connectivity index is 1.72.